The van der Waals surface area contributed by atoms with E-state index in [0.717, 1.165) is 35.3 Å². The van der Waals surface area contributed by atoms with E-state index in [4.69, 9.17) is 4.74 Å². The number of aryl methyl sites for hydroxylation is 1. The van der Waals surface area contributed by atoms with E-state index in [1.807, 2.05) is 31.2 Å². The normalized spacial score (nSPS) is 11.0. The van der Waals surface area contributed by atoms with Crippen molar-refractivity contribution in [3.63, 3.8) is 0 Å². The lowest BCUT2D eigenvalue weighted by Crippen LogP contribution is -2.22. The Morgan fingerprint density at radius 2 is 2.09 bits per heavy atom. The molecule has 23 heavy (non-hydrogen) atoms. The Hall–Kier alpha value is -2.04. The zero-order valence-corrected chi connectivity index (χ0v) is 14.1. The number of pyridine rings is 1. The Bertz CT molecular complexity index is 641. The first-order valence-corrected chi connectivity index (χ1v) is 7.79. The minimum atomic E-state index is 0.136. The van der Waals surface area contributed by atoms with Crippen LogP contribution in [0.2, 0.25) is 0 Å². The van der Waals surface area contributed by atoms with Crippen LogP contribution >= 0.6 is 0 Å². The fraction of sp³-hybridized carbons (Fsp3) is 0.368. The average Bonchev–Trinajstić information content (AvgIpc) is 2.55. The first-order valence-electron chi connectivity index (χ1n) is 7.79. The number of carbonyl (C=O) groups is 1. The van der Waals surface area contributed by atoms with E-state index in [-0.39, 0.29) is 5.78 Å². The van der Waals surface area contributed by atoms with Crippen molar-refractivity contribution in [2.45, 2.75) is 19.9 Å². The lowest BCUT2D eigenvalue weighted by molar-refractivity contribution is 0.0992. The lowest BCUT2D eigenvalue weighted by Gasteiger charge is -2.17. The summed E-state index contributed by atoms with van der Waals surface area (Å²) in [6.45, 7) is 4.35. The number of hydrogen-bond acceptors (Lipinski definition) is 4. The van der Waals surface area contributed by atoms with Gasteiger partial charge in [0.25, 0.3) is 0 Å². The number of likely N-dealkylation sites (N-methyl/N-ethyl adjacent to an activating group) is 1. The molecule has 1 aromatic carbocycles. The number of ketones is 1. The van der Waals surface area contributed by atoms with Crippen molar-refractivity contribution in [3.05, 3.63) is 65.0 Å². The van der Waals surface area contributed by atoms with Crippen molar-refractivity contribution in [3.8, 4) is 0 Å². The van der Waals surface area contributed by atoms with E-state index in [1.54, 1.807) is 19.5 Å². The second-order valence-corrected chi connectivity index (χ2v) is 5.84. The summed E-state index contributed by atoms with van der Waals surface area (Å²) < 4.78 is 5.10. The molecule has 0 N–H and O–H groups in total. The zero-order valence-electron chi connectivity index (χ0n) is 14.1. The molecule has 0 saturated heterocycles. The summed E-state index contributed by atoms with van der Waals surface area (Å²) in [7, 11) is 3.75. The van der Waals surface area contributed by atoms with Crippen LogP contribution in [0.4, 0.5) is 0 Å². The number of ether oxygens (including phenoxy) is 1. The van der Waals surface area contributed by atoms with Gasteiger partial charge in [0.05, 0.1) is 6.61 Å². The number of aromatic nitrogens is 1. The molecule has 4 nitrogen and oxygen atoms in total. The Morgan fingerprint density at radius 1 is 1.26 bits per heavy atom. The highest BCUT2D eigenvalue weighted by Gasteiger charge is 2.12. The van der Waals surface area contributed by atoms with Gasteiger partial charge in [-0.15, -0.1) is 0 Å². The molecule has 0 saturated carbocycles. The number of nitrogens with zero attached hydrogens (tertiary/aromatic N) is 2. The lowest BCUT2D eigenvalue weighted by atomic mass is 9.97. The molecule has 1 heterocycles. The molecule has 1 aromatic heterocycles. The van der Waals surface area contributed by atoms with E-state index >= 15 is 0 Å². The summed E-state index contributed by atoms with van der Waals surface area (Å²) in [5, 5.41) is 0. The molecule has 0 aliphatic rings. The predicted octanol–water partition coefficient (Wildman–Crippen LogP) is 2.89. The second-order valence-electron chi connectivity index (χ2n) is 5.84. The molecule has 0 aliphatic heterocycles. The third kappa shape index (κ3) is 5.27. The smallest absolute Gasteiger partial charge is 0.167 e. The first kappa shape index (κ1) is 17.3. The van der Waals surface area contributed by atoms with E-state index < -0.39 is 0 Å². The number of rotatable bonds is 8. The molecule has 4 heteroatoms. The number of Topliss-reactive ketones (excluding diaryl/α,β-unsaturated/α-hetero) is 1. The molecule has 122 valence electrons. The molecule has 2 rings (SSSR count). The Labute approximate surface area is 138 Å². The molecular weight excluding hydrogens is 288 g/mol. The zero-order chi connectivity index (χ0) is 16.7. The van der Waals surface area contributed by atoms with E-state index in [2.05, 4.69) is 23.0 Å². The van der Waals surface area contributed by atoms with Crippen LogP contribution in [-0.4, -0.2) is 43.0 Å². The van der Waals surface area contributed by atoms with Gasteiger partial charge in [0.15, 0.2) is 5.78 Å². The third-order valence-corrected chi connectivity index (χ3v) is 3.82. The topological polar surface area (TPSA) is 42.4 Å². The molecular formula is C19H24N2O2. The van der Waals surface area contributed by atoms with Crippen molar-refractivity contribution in [1.29, 1.82) is 0 Å². The van der Waals surface area contributed by atoms with E-state index in [0.29, 0.717) is 13.0 Å². The summed E-state index contributed by atoms with van der Waals surface area (Å²) in [4.78, 5) is 18.8. The molecule has 0 amide bonds. The molecule has 0 aliphatic carbocycles. The van der Waals surface area contributed by atoms with Crippen molar-refractivity contribution >= 4 is 5.78 Å². The maximum Gasteiger partial charge on any atom is 0.167 e. The van der Waals surface area contributed by atoms with Gasteiger partial charge in [-0.05, 0) is 42.8 Å². The molecule has 0 fully saturated rings. The van der Waals surface area contributed by atoms with Crippen LogP contribution in [-0.2, 0) is 17.7 Å². The van der Waals surface area contributed by atoms with Crippen molar-refractivity contribution in [1.82, 2.24) is 9.88 Å². The Morgan fingerprint density at radius 3 is 2.78 bits per heavy atom. The summed E-state index contributed by atoms with van der Waals surface area (Å²) >= 11 is 0. The second kappa shape index (κ2) is 8.56. The number of methoxy groups -OCH3 is 1. The van der Waals surface area contributed by atoms with E-state index in [9.17, 15) is 4.79 Å². The number of carbonyl (C=O) groups excluding carboxylic acids is 1. The highest BCUT2D eigenvalue weighted by molar-refractivity contribution is 5.98. The van der Waals surface area contributed by atoms with Gasteiger partial charge >= 0.3 is 0 Å². The van der Waals surface area contributed by atoms with Gasteiger partial charge in [-0.25, -0.2) is 0 Å². The Kier molecular flexibility index (Phi) is 6.44. The highest BCUT2D eigenvalue weighted by atomic mass is 16.5. The maximum atomic E-state index is 12.6. The van der Waals surface area contributed by atoms with Gasteiger partial charge in [-0.2, -0.15) is 0 Å². The minimum Gasteiger partial charge on any atom is -0.383 e. The largest absolute Gasteiger partial charge is 0.383 e. The summed E-state index contributed by atoms with van der Waals surface area (Å²) in [6.07, 6.45) is 3.85. The maximum absolute atomic E-state index is 12.6. The van der Waals surface area contributed by atoms with Gasteiger partial charge < -0.3 is 4.74 Å². The summed E-state index contributed by atoms with van der Waals surface area (Å²) in [5.74, 6) is 0.136. The van der Waals surface area contributed by atoms with Gasteiger partial charge in [0, 0.05) is 44.6 Å². The molecule has 2 aromatic rings. The fourth-order valence-corrected chi connectivity index (χ4v) is 2.49. The summed E-state index contributed by atoms with van der Waals surface area (Å²) in [5.41, 5.74) is 3.90. The molecule has 0 bridgehead atoms. The highest BCUT2D eigenvalue weighted by Crippen LogP contribution is 2.15. The van der Waals surface area contributed by atoms with Crippen molar-refractivity contribution < 1.29 is 9.53 Å². The molecule has 0 unspecified atom stereocenters. The van der Waals surface area contributed by atoms with Crippen LogP contribution in [0.5, 0.6) is 0 Å². The van der Waals surface area contributed by atoms with Gasteiger partial charge in [-0.1, -0.05) is 18.2 Å². The number of hydrogen-bond donors (Lipinski definition) is 0. The first-order chi connectivity index (χ1) is 11.1. The van der Waals surface area contributed by atoms with Gasteiger partial charge in [0.1, 0.15) is 0 Å². The quantitative estimate of drug-likeness (QED) is 0.703. The third-order valence-electron chi connectivity index (χ3n) is 3.82. The van der Waals surface area contributed by atoms with Gasteiger partial charge in [-0.3, -0.25) is 14.7 Å². The van der Waals surface area contributed by atoms with Crippen LogP contribution in [0.15, 0.2) is 42.7 Å². The minimum absolute atomic E-state index is 0.136. The van der Waals surface area contributed by atoms with Crippen molar-refractivity contribution in [2.75, 3.05) is 27.3 Å². The van der Waals surface area contributed by atoms with Crippen LogP contribution in [0.3, 0.4) is 0 Å². The molecule has 0 atom stereocenters. The predicted molar refractivity (Wildman–Crippen MR) is 91.7 cm³/mol. The SMILES string of the molecule is COCCN(C)Cc1ccc(C)c(C(=O)Cc2cccnc2)c1. The van der Waals surface area contributed by atoms with Crippen LogP contribution in [0, 0.1) is 6.92 Å². The number of benzene rings is 1. The van der Waals surface area contributed by atoms with Crippen LogP contribution in [0.1, 0.15) is 27.0 Å². The van der Waals surface area contributed by atoms with Crippen LogP contribution in [0.25, 0.3) is 0 Å². The fourth-order valence-electron chi connectivity index (χ4n) is 2.49. The van der Waals surface area contributed by atoms with Gasteiger partial charge in [0.2, 0.25) is 0 Å². The Balaban J connectivity index is 2.09. The average molecular weight is 312 g/mol. The monoisotopic (exact) mass is 312 g/mol. The van der Waals surface area contributed by atoms with E-state index in [1.165, 1.54) is 0 Å². The van der Waals surface area contributed by atoms with Crippen molar-refractivity contribution in [2.24, 2.45) is 0 Å². The van der Waals surface area contributed by atoms with Crippen LogP contribution < -0.4 is 0 Å². The molecule has 0 spiro atoms. The summed E-state index contributed by atoms with van der Waals surface area (Å²) in [6, 6.07) is 9.91. The molecule has 0 radical (unpaired) electrons. The standard InChI is InChI=1S/C19H24N2O2/c1-15-6-7-17(14-21(2)9-10-23-3)11-18(15)19(22)12-16-5-4-8-20-13-16/h4-8,11,13H,9-10,12,14H2,1-3H3.